The van der Waals surface area contributed by atoms with E-state index in [0.29, 0.717) is 17.0 Å². The molecule has 204 valence electrons. The highest BCUT2D eigenvalue weighted by atomic mass is 35.5. The molecular weight excluding hydrogens is 512 g/mol. The van der Waals surface area contributed by atoms with Crippen LogP contribution in [0.3, 0.4) is 0 Å². The highest BCUT2D eigenvalue weighted by Crippen LogP contribution is 2.34. The summed E-state index contributed by atoms with van der Waals surface area (Å²) in [5.41, 5.74) is 0.772. The number of likely N-dealkylation sites (N-methyl/N-ethyl adjacent to an activating group) is 1. The minimum atomic E-state index is -1.70. The Hall–Kier alpha value is -2.78. The summed E-state index contributed by atoms with van der Waals surface area (Å²) in [5, 5.41) is 34.5. The summed E-state index contributed by atoms with van der Waals surface area (Å²) in [7, 11) is 1.43. The number of halogens is 1. The molecule has 0 radical (unpaired) electrons. The van der Waals surface area contributed by atoms with Gasteiger partial charge < -0.3 is 39.7 Å². The summed E-state index contributed by atoms with van der Waals surface area (Å²) in [6.45, 7) is 1.51. The number of nitrogens with zero attached hydrogens (tertiary/aromatic N) is 5. The van der Waals surface area contributed by atoms with Crippen LogP contribution < -0.4 is 5.32 Å². The Morgan fingerprint density at radius 1 is 1.30 bits per heavy atom. The molecule has 1 aliphatic carbocycles. The van der Waals surface area contributed by atoms with Gasteiger partial charge in [0.05, 0.1) is 19.4 Å². The third-order valence-electron chi connectivity index (χ3n) is 6.42. The van der Waals surface area contributed by atoms with Gasteiger partial charge in [0.2, 0.25) is 17.5 Å². The van der Waals surface area contributed by atoms with Crippen LogP contribution >= 0.6 is 11.6 Å². The van der Waals surface area contributed by atoms with Gasteiger partial charge in [-0.25, -0.2) is 9.78 Å². The number of fused-ring (bicyclic) bond motifs is 1. The molecule has 0 aromatic carbocycles. The van der Waals surface area contributed by atoms with Crippen LogP contribution in [0.1, 0.15) is 45.3 Å². The zero-order chi connectivity index (χ0) is 26.7. The van der Waals surface area contributed by atoms with E-state index in [1.165, 1.54) is 22.8 Å². The molecule has 4 rings (SSSR count). The lowest BCUT2D eigenvalue weighted by Crippen LogP contribution is -2.41. The molecule has 0 bridgehead atoms. The third-order valence-corrected chi connectivity index (χ3v) is 6.59. The lowest BCUT2D eigenvalue weighted by molar-refractivity contribution is -0.143. The molecule has 2 aliphatic rings. The monoisotopic (exact) mass is 542 g/mol. The number of carbonyl (C=O) groups is 2. The minimum Gasteiger partial charge on any atom is -0.435 e. The number of hydrogen-bond donors (Lipinski definition) is 4. The predicted molar refractivity (Wildman–Crippen MR) is 129 cm³/mol. The molecule has 4 N–H and O–H groups in total. The molecule has 2 aromatic rings. The van der Waals surface area contributed by atoms with Gasteiger partial charge in [-0.3, -0.25) is 9.36 Å². The Bertz CT molecular complexity index is 1110. The number of aliphatic hydroxyl groups excluding tert-OH is 3. The fraction of sp³-hybridized carbons (Fsp3) is 0.682. The number of anilines is 1. The molecule has 1 unspecified atom stereocenters. The van der Waals surface area contributed by atoms with E-state index in [2.05, 4.69) is 29.7 Å². The van der Waals surface area contributed by atoms with Crippen molar-refractivity contribution in [1.29, 1.82) is 0 Å². The number of imidazole rings is 1. The SMILES string of the molecule is CCOC(=O)OC(O)CC(=O)N(C)C[C@H]1O[C@@H](n2cnc3c(NC4CCCC4)nc(Cl)nc32)[C@H](O)[C@@H]1O. The quantitative estimate of drug-likeness (QED) is 0.199. The van der Waals surface area contributed by atoms with Crippen molar-refractivity contribution in [3.63, 3.8) is 0 Å². The second-order valence-electron chi connectivity index (χ2n) is 9.07. The number of aromatic nitrogens is 4. The Kier molecular flexibility index (Phi) is 8.64. The Balaban J connectivity index is 1.43. The van der Waals surface area contributed by atoms with Crippen LogP contribution in [-0.2, 0) is 19.0 Å². The van der Waals surface area contributed by atoms with Gasteiger partial charge in [0.1, 0.15) is 18.3 Å². The van der Waals surface area contributed by atoms with Crippen LogP contribution in [0.15, 0.2) is 6.33 Å². The average molecular weight is 543 g/mol. The van der Waals surface area contributed by atoms with Crippen molar-refractivity contribution in [3.8, 4) is 0 Å². The molecule has 37 heavy (non-hydrogen) atoms. The second kappa shape index (κ2) is 11.7. The average Bonchev–Trinajstić information content (AvgIpc) is 3.56. The maximum absolute atomic E-state index is 12.5. The normalized spacial score (nSPS) is 24.8. The fourth-order valence-corrected chi connectivity index (χ4v) is 4.70. The van der Waals surface area contributed by atoms with Crippen molar-refractivity contribution in [2.45, 2.75) is 75.9 Å². The van der Waals surface area contributed by atoms with Crippen molar-refractivity contribution in [1.82, 2.24) is 24.4 Å². The molecule has 2 fully saturated rings. The van der Waals surface area contributed by atoms with Crippen molar-refractivity contribution < 1.29 is 39.1 Å². The summed E-state index contributed by atoms with van der Waals surface area (Å²) in [5.74, 6) is -0.0973. The summed E-state index contributed by atoms with van der Waals surface area (Å²) in [4.78, 5) is 37.9. The third kappa shape index (κ3) is 6.21. The first kappa shape index (κ1) is 27.3. The van der Waals surface area contributed by atoms with E-state index >= 15 is 0 Å². The summed E-state index contributed by atoms with van der Waals surface area (Å²) >= 11 is 6.17. The molecule has 1 saturated heterocycles. The summed E-state index contributed by atoms with van der Waals surface area (Å²) in [6, 6.07) is 0.258. The van der Waals surface area contributed by atoms with Crippen molar-refractivity contribution in [3.05, 3.63) is 11.6 Å². The van der Waals surface area contributed by atoms with Gasteiger partial charge in [-0.15, -0.1) is 0 Å². The zero-order valence-corrected chi connectivity index (χ0v) is 21.2. The van der Waals surface area contributed by atoms with E-state index in [1.807, 2.05) is 0 Å². The maximum atomic E-state index is 12.5. The standard InChI is InChI=1S/C22H31ClN6O8/c1-3-35-22(34)37-14(31)8-13(30)28(2)9-12-16(32)17(33)20(36-12)29-10-24-15-18(25-11-6-4-5-7-11)26-21(23)27-19(15)29/h10-12,14,16-17,20,31-33H,3-9H2,1-2H3,(H,25,26,27)/t12-,14?,16-,17-,20-/m1/s1. The van der Waals surface area contributed by atoms with Crippen LogP contribution in [0.2, 0.25) is 5.28 Å². The van der Waals surface area contributed by atoms with Crippen molar-refractivity contribution in [2.24, 2.45) is 0 Å². The fourth-order valence-electron chi connectivity index (χ4n) is 4.53. The Morgan fingerprint density at radius 3 is 2.73 bits per heavy atom. The number of amides is 1. The number of hydrogen-bond acceptors (Lipinski definition) is 12. The number of ether oxygens (including phenoxy) is 3. The Labute approximate surface area is 217 Å². The van der Waals surface area contributed by atoms with E-state index in [1.54, 1.807) is 6.92 Å². The van der Waals surface area contributed by atoms with Gasteiger partial charge in [0, 0.05) is 19.6 Å². The molecule has 1 aliphatic heterocycles. The van der Waals surface area contributed by atoms with E-state index < -0.39 is 49.3 Å². The Morgan fingerprint density at radius 2 is 2.03 bits per heavy atom. The topological polar surface area (TPSA) is 181 Å². The molecule has 1 saturated carbocycles. The number of carbonyl (C=O) groups excluding carboxylic acids is 2. The molecule has 15 heteroatoms. The molecule has 5 atom stereocenters. The highest BCUT2D eigenvalue weighted by molar-refractivity contribution is 6.28. The van der Waals surface area contributed by atoms with E-state index in [9.17, 15) is 24.9 Å². The smallest absolute Gasteiger partial charge is 0.435 e. The maximum Gasteiger partial charge on any atom is 0.510 e. The highest BCUT2D eigenvalue weighted by Gasteiger charge is 2.45. The van der Waals surface area contributed by atoms with E-state index in [0.717, 1.165) is 25.7 Å². The predicted octanol–water partition coefficient (Wildman–Crippen LogP) is 0.793. The van der Waals surface area contributed by atoms with Crippen molar-refractivity contribution >= 4 is 40.6 Å². The zero-order valence-electron chi connectivity index (χ0n) is 20.5. The lowest BCUT2D eigenvalue weighted by atomic mass is 10.1. The van der Waals surface area contributed by atoms with Gasteiger partial charge in [-0.1, -0.05) is 12.8 Å². The molecule has 3 heterocycles. The van der Waals surface area contributed by atoms with Crippen molar-refractivity contribution in [2.75, 3.05) is 25.5 Å². The molecule has 1 amide bonds. The van der Waals surface area contributed by atoms with Gasteiger partial charge >= 0.3 is 6.16 Å². The number of nitrogens with one attached hydrogen (secondary N) is 1. The lowest BCUT2D eigenvalue weighted by Gasteiger charge is -2.24. The molecule has 0 spiro atoms. The number of aliphatic hydroxyl groups is 3. The van der Waals surface area contributed by atoms with E-state index in [-0.39, 0.29) is 24.5 Å². The van der Waals surface area contributed by atoms with Crippen LogP contribution in [0.5, 0.6) is 0 Å². The second-order valence-corrected chi connectivity index (χ2v) is 9.41. The van der Waals surface area contributed by atoms with Crippen LogP contribution in [0, 0.1) is 0 Å². The van der Waals surface area contributed by atoms with Gasteiger partial charge in [0.25, 0.3) is 0 Å². The first-order chi connectivity index (χ1) is 17.7. The number of rotatable bonds is 9. The largest absolute Gasteiger partial charge is 0.510 e. The van der Waals surface area contributed by atoms with Gasteiger partial charge in [-0.05, 0) is 31.4 Å². The van der Waals surface area contributed by atoms with E-state index in [4.69, 9.17) is 16.3 Å². The first-order valence-corrected chi connectivity index (χ1v) is 12.5. The van der Waals surface area contributed by atoms with Crippen LogP contribution in [0.4, 0.5) is 10.6 Å². The molecule has 14 nitrogen and oxygen atoms in total. The van der Waals surface area contributed by atoms with Gasteiger partial charge in [-0.2, -0.15) is 9.97 Å². The molecular formula is C22H31ClN6O8. The first-order valence-electron chi connectivity index (χ1n) is 12.1. The van der Waals surface area contributed by atoms with Gasteiger partial charge in [0.15, 0.2) is 23.2 Å². The minimum absolute atomic E-state index is 0.00624. The van der Waals surface area contributed by atoms with Crippen LogP contribution in [0.25, 0.3) is 11.2 Å². The summed E-state index contributed by atoms with van der Waals surface area (Å²) in [6.07, 6.45) is -2.33. The molecule has 2 aromatic heterocycles. The summed E-state index contributed by atoms with van der Waals surface area (Å²) < 4.78 is 16.5. The van der Waals surface area contributed by atoms with Crippen LogP contribution in [-0.4, -0.2) is 103 Å².